The van der Waals surface area contributed by atoms with Crippen molar-refractivity contribution in [3.63, 3.8) is 0 Å². The molecule has 0 saturated carbocycles. The van der Waals surface area contributed by atoms with Crippen molar-refractivity contribution in [2.24, 2.45) is 0 Å². The normalized spacial score (nSPS) is 10.4. The van der Waals surface area contributed by atoms with Gasteiger partial charge in [-0.05, 0) is 42.0 Å². The van der Waals surface area contributed by atoms with Gasteiger partial charge in [-0.2, -0.15) is 0 Å². The van der Waals surface area contributed by atoms with Crippen LogP contribution in [0.2, 0.25) is 0 Å². The van der Waals surface area contributed by atoms with E-state index < -0.39 is 11.6 Å². The van der Waals surface area contributed by atoms with Crippen molar-refractivity contribution in [3.05, 3.63) is 81.5 Å². The van der Waals surface area contributed by atoms with Crippen LogP contribution in [0.25, 0.3) is 0 Å². The first-order chi connectivity index (χ1) is 13.9. The number of anilines is 1. The number of carbonyl (C=O) groups is 2. The molecule has 0 atom stereocenters. The lowest BCUT2D eigenvalue weighted by atomic mass is 10.2. The summed E-state index contributed by atoms with van der Waals surface area (Å²) in [6.45, 7) is 1.78. The van der Waals surface area contributed by atoms with Gasteiger partial charge in [0.15, 0.2) is 11.6 Å². The summed E-state index contributed by atoms with van der Waals surface area (Å²) in [6, 6.07) is 13.3. The minimum Gasteiger partial charge on any atom is -0.486 e. The molecule has 3 aromatic rings. The van der Waals surface area contributed by atoms with Crippen molar-refractivity contribution in [2.45, 2.75) is 20.1 Å². The summed E-state index contributed by atoms with van der Waals surface area (Å²) in [5, 5.41) is 5.28. The van der Waals surface area contributed by atoms with Crippen LogP contribution < -0.4 is 15.4 Å². The fourth-order valence-corrected chi connectivity index (χ4v) is 3.33. The lowest BCUT2D eigenvalue weighted by molar-refractivity contribution is -0.119. The third-order valence-corrected chi connectivity index (χ3v) is 4.95. The number of hydrogen-bond acceptors (Lipinski definition) is 4. The van der Waals surface area contributed by atoms with Crippen LogP contribution in [0.4, 0.5) is 14.5 Å². The molecule has 2 N–H and O–H groups in total. The average molecular weight is 416 g/mol. The van der Waals surface area contributed by atoms with Gasteiger partial charge in [0.2, 0.25) is 5.91 Å². The van der Waals surface area contributed by atoms with E-state index in [9.17, 15) is 18.4 Å². The zero-order chi connectivity index (χ0) is 20.8. The topological polar surface area (TPSA) is 67.4 Å². The predicted molar refractivity (Wildman–Crippen MR) is 107 cm³/mol. The van der Waals surface area contributed by atoms with Crippen molar-refractivity contribution in [2.75, 3.05) is 5.32 Å². The highest BCUT2D eigenvalue weighted by molar-refractivity contribution is 7.14. The first-order valence-electron chi connectivity index (χ1n) is 8.72. The molecule has 8 heteroatoms. The van der Waals surface area contributed by atoms with E-state index >= 15 is 0 Å². The van der Waals surface area contributed by atoms with Gasteiger partial charge >= 0.3 is 0 Å². The number of halogens is 2. The van der Waals surface area contributed by atoms with Crippen LogP contribution in [-0.4, -0.2) is 11.8 Å². The van der Waals surface area contributed by atoms with E-state index in [-0.39, 0.29) is 29.9 Å². The second kappa shape index (κ2) is 9.29. The number of rotatable bonds is 7. The van der Waals surface area contributed by atoms with Crippen LogP contribution in [0.3, 0.4) is 0 Å². The van der Waals surface area contributed by atoms with Crippen molar-refractivity contribution in [3.8, 4) is 5.75 Å². The molecule has 1 aromatic heterocycles. The molecule has 0 radical (unpaired) electrons. The van der Waals surface area contributed by atoms with Gasteiger partial charge in [-0.25, -0.2) is 8.78 Å². The Bertz CT molecular complexity index is 1040. The smallest absolute Gasteiger partial charge is 0.265 e. The molecule has 2 aromatic carbocycles. The molecule has 0 unspecified atom stereocenters. The van der Waals surface area contributed by atoms with E-state index in [0.717, 1.165) is 10.9 Å². The Morgan fingerprint density at radius 3 is 2.62 bits per heavy atom. The van der Waals surface area contributed by atoms with E-state index in [1.165, 1.54) is 42.5 Å². The highest BCUT2D eigenvalue weighted by Gasteiger charge is 2.12. The highest BCUT2D eigenvalue weighted by atomic mass is 32.1. The van der Waals surface area contributed by atoms with E-state index in [1.807, 2.05) is 0 Å². The third-order valence-electron chi connectivity index (χ3n) is 3.87. The van der Waals surface area contributed by atoms with Gasteiger partial charge in [-0.15, -0.1) is 11.3 Å². The number of benzene rings is 2. The first-order valence-corrected chi connectivity index (χ1v) is 9.53. The summed E-state index contributed by atoms with van der Waals surface area (Å²) in [4.78, 5) is 24.6. The van der Waals surface area contributed by atoms with Gasteiger partial charge in [0.25, 0.3) is 5.91 Å². The Labute approximate surface area is 170 Å². The lowest BCUT2D eigenvalue weighted by Crippen LogP contribution is -2.18. The summed E-state index contributed by atoms with van der Waals surface area (Å²) in [7, 11) is 0. The minimum atomic E-state index is -0.642. The second-order valence-electron chi connectivity index (χ2n) is 6.19. The Hall–Kier alpha value is -3.26. The number of carbonyl (C=O) groups excluding carboxylic acids is 2. The molecule has 0 aliphatic heterocycles. The lowest BCUT2D eigenvalue weighted by Gasteiger charge is -2.09. The largest absolute Gasteiger partial charge is 0.486 e. The third kappa shape index (κ3) is 5.86. The zero-order valence-electron chi connectivity index (χ0n) is 15.5. The number of ether oxygens (including phenoxy) is 1. The summed E-state index contributed by atoms with van der Waals surface area (Å²) in [5.74, 6) is -1.56. The van der Waals surface area contributed by atoms with Crippen LogP contribution in [0, 0.1) is 11.6 Å². The number of hydrogen-bond donors (Lipinski definition) is 2. The standard InChI is InChI=1S/C21H18F2N2O3S/c1-13(26)24-11-17-6-8-20(29-17)21(27)25-16-5-7-19(18(23)10-16)28-12-14-3-2-4-15(22)9-14/h2-10H,11-12H2,1H3,(H,24,26)(H,25,27). The van der Waals surface area contributed by atoms with Crippen LogP contribution in [0.5, 0.6) is 5.75 Å². The molecule has 5 nitrogen and oxygen atoms in total. The first kappa shape index (κ1) is 20.5. The molecule has 0 aliphatic rings. The molecule has 29 heavy (non-hydrogen) atoms. The molecule has 0 aliphatic carbocycles. The maximum absolute atomic E-state index is 14.3. The van der Waals surface area contributed by atoms with Gasteiger partial charge in [0.1, 0.15) is 12.4 Å². The van der Waals surface area contributed by atoms with E-state index in [2.05, 4.69) is 10.6 Å². The minimum absolute atomic E-state index is 0.000905. The molecule has 1 heterocycles. The quantitative estimate of drug-likeness (QED) is 0.596. The van der Waals surface area contributed by atoms with Crippen molar-refractivity contribution < 1.29 is 23.1 Å². The molecular formula is C21H18F2N2O3S. The fourth-order valence-electron chi connectivity index (χ4n) is 2.48. The molecule has 0 spiro atoms. The Balaban J connectivity index is 1.59. The maximum atomic E-state index is 14.3. The molecule has 3 rings (SSSR count). The van der Waals surface area contributed by atoms with E-state index in [4.69, 9.17) is 4.74 Å². The summed E-state index contributed by atoms with van der Waals surface area (Å²) in [5.41, 5.74) is 0.858. The highest BCUT2D eigenvalue weighted by Crippen LogP contribution is 2.24. The summed E-state index contributed by atoms with van der Waals surface area (Å²) in [6.07, 6.45) is 0. The van der Waals surface area contributed by atoms with Crippen LogP contribution >= 0.6 is 11.3 Å². The van der Waals surface area contributed by atoms with Gasteiger partial charge in [-0.1, -0.05) is 12.1 Å². The van der Waals surface area contributed by atoms with Crippen LogP contribution in [0.15, 0.2) is 54.6 Å². The van der Waals surface area contributed by atoms with Crippen LogP contribution in [-0.2, 0) is 17.9 Å². The molecule has 0 saturated heterocycles. The number of thiophene rings is 1. The van der Waals surface area contributed by atoms with Gasteiger partial charge < -0.3 is 15.4 Å². The summed E-state index contributed by atoms with van der Waals surface area (Å²) >= 11 is 1.24. The molecule has 150 valence electrons. The molecule has 2 amide bonds. The van der Waals surface area contributed by atoms with Gasteiger partial charge in [0, 0.05) is 23.6 Å². The Morgan fingerprint density at radius 1 is 1.07 bits per heavy atom. The molecular weight excluding hydrogens is 398 g/mol. The Kier molecular flexibility index (Phi) is 6.56. The van der Waals surface area contributed by atoms with Gasteiger partial charge in [0.05, 0.1) is 11.4 Å². The molecule has 0 bridgehead atoms. The van der Waals surface area contributed by atoms with Crippen LogP contribution in [0.1, 0.15) is 27.0 Å². The van der Waals surface area contributed by atoms with E-state index in [0.29, 0.717) is 17.0 Å². The van der Waals surface area contributed by atoms with Crippen molar-refractivity contribution in [1.29, 1.82) is 0 Å². The fraction of sp³-hybridized carbons (Fsp3) is 0.143. The predicted octanol–water partition coefficient (Wildman–Crippen LogP) is 4.49. The second-order valence-corrected chi connectivity index (χ2v) is 7.36. The maximum Gasteiger partial charge on any atom is 0.265 e. The molecule has 0 fully saturated rings. The zero-order valence-corrected chi connectivity index (χ0v) is 16.3. The number of amides is 2. The van der Waals surface area contributed by atoms with E-state index in [1.54, 1.807) is 24.3 Å². The van der Waals surface area contributed by atoms with Gasteiger partial charge in [-0.3, -0.25) is 9.59 Å². The SMILES string of the molecule is CC(=O)NCc1ccc(C(=O)Nc2ccc(OCc3cccc(F)c3)c(F)c2)s1. The monoisotopic (exact) mass is 416 g/mol. The summed E-state index contributed by atoms with van der Waals surface area (Å²) < 4.78 is 32.8. The number of nitrogens with one attached hydrogen (secondary N) is 2. The Morgan fingerprint density at radius 2 is 1.90 bits per heavy atom. The van der Waals surface area contributed by atoms with Crippen molar-refractivity contribution >= 4 is 28.8 Å². The van der Waals surface area contributed by atoms with Crippen molar-refractivity contribution in [1.82, 2.24) is 5.32 Å². The average Bonchev–Trinajstić information content (AvgIpc) is 3.15.